The number of hydrogen-bond acceptors (Lipinski definition) is 12. The van der Waals surface area contributed by atoms with Gasteiger partial charge in [0.15, 0.2) is 34.9 Å². The smallest absolute Gasteiger partial charge is 0.164 e. The molecular formula is C86H52N8O2S2. The lowest BCUT2D eigenvalue weighted by Crippen LogP contribution is -2.00. The van der Waals surface area contributed by atoms with Crippen LogP contribution in [0.25, 0.3) is 187 Å². The van der Waals surface area contributed by atoms with Crippen molar-refractivity contribution < 1.29 is 8.83 Å². The lowest BCUT2D eigenvalue weighted by atomic mass is 9.99. The average molecular weight is 1290 g/mol. The van der Waals surface area contributed by atoms with E-state index in [-0.39, 0.29) is 0 Å². The molecule has 0 radical (unpaired) electrons. The summed E-state index contributed by atoms with van der Waals surface area (Å²) >= 11 is 3.41. The van der Waals surface area contributed by atoms with Crippen LogP contribution in [0.1, 0.15) is 0 Å². The first kappa shape index (κ1) is 57.9. The largest absolute Gasteiger partial charge is 0.455 e. The molecule has 0 atom stereocenters. The number of para-hydroxylation sites is 4. The van der Waals surface area contributed by atoms with Crippen LogP contribution in [0.4, 0.5) is 0 Å². The second-order valence-corrected chi connectivity index (χ2v) is 25.8. The van der Waals surface area contributed by atoms with Gasteiger partial charge >= 0.3 is 0 Å². The van der Waals surface area contributed by atoms with E-state index in [9.17, 15) is 0 Å². The van der Waals surface area contributed by atoms with Crippen LogP contribution in [-0.4, -0.2) is 39.9 Å². The van der Waals surface area contributed by atoms with E-state index in [1.807, 2.05) is 133 Å². The Hall–Kier alpha value is -12.7. The van der Waals surface area contributed by atoms with E-state index in [1.54, 1.807) is 22.7 Å². The molecule has 10 nitrogen and oxygen atoms in total. The van der Waals surface area contributed by atoms with E-state index in [1.165, 1.54) is 9.40 Å². The standard InChI is InChI=1S/C46H28N4OS.C40H24N4OS/c1-3-12-29(13-4-1)30-24-26-32(27-25-30)44-48-43(31-14-5-2-6-15-31)49-45(50-44)37-20-11-22-39-41(37)36-19-10-18-35(42(36)51-39)33-16-9-17-34(28-33)46-47-38-21-7-8-23-40(38)52-46;1-3-12-25(13-4-1)37-42-38(26-14-5-2-6-15-26)44-39(43-37)31-20-11-22-33-35(31)30-19-10-18-29(36(30)45-33)27-16-9-17-28(24-27)40-41-32-21-7-8-23-34(32)46-40/h1-28H;1-24H. The van der Waals surface area contributed by atoms with Gasteiger partial charge in [-0.1, -0.05) is 267 Å². The summed E-state index contributed by atoms with van der Waals surface area (Å²) in [5.41, 5.74) is 19.4. The maximum Gasteiger partial charge on any atom is 0.164 e. The van der Waals surface area contributed by atoms with E-state index in [2.05, 4.69) is 182 Å². The Balaban J connectivity index is 0.000000143. The van der Waals surface area contributed by atoms with Gasteiger partial charge in [0.25, 0.3) is 0 Å². The molecule has 0 bridgehead atoms. The first-order chi connectivity index (χ1) is 48.5. The second kappa shape index (κ2) is 24.9. The maximum atomic E-state index is 6.69. The highest BCUT2D eigenvalue weighted by atomic mass is 32.1. The quantitative estimate of drug-likeness (QED) is 0.123. The van der Waals surface area contributed by atoms with Crippen molar-refractivity contribution in [3.8, 4) is 123 Å². The summed E-state index contributed by atoms with van der Waals surface area (Å²) in [6.07, 6.45) is 0. The Morgan fingerprint density at radius 2 is 0.520 bits per heavy atom. The Morgan fingerprint density at radius 3 is 0.939 bits per heavy atom. The first-order valence-electron chi connectivity index (χ1n) is 32.2. The fourth-order valence-electron chi connectivity index (χ4n) is 12.9. The minimum absolute atomic E-state index is 0.590. The van der Waals surface area contributed by atoms with Crippen LogP contribution < -0.4 is 0 Å². The number of thiazole rings is 2. The molecule has 0 aliphatic carbocycles. The number of hydrogen-bond donors (Lipinski definition) is 0. The SMILES string of the molecule is c1ccc(-c2ccc(-c3nc(-c4ccccc4)nc(-c4cccc5oc6c(-c7cccc(-c8nc9ccccc9s8)c7)cccc6c45)n3)cc2)cc1.c1ccc(-c2nc(-c3ccccc3)nc(-c3cccc4oc5c(-c6cccc(-c7nc8ccccc8s7)c6)cccc5c34)n2)cc1. The number of furan rings is 2. The third-order valence-corrected chi connectivity index (χ3v) is 19.7. The van der Waals surface area contributed by atoms with E-state index in [0.717, 1.165) is 143 Å². The number of nitrogens with zero attached hydrogens (tertiary/aromatic N) is 8. The molecule has 0 unspecified atom stereocenters. The van der Waals surface area contributed by atoms with Crippen molar-refractivity contribution in [2.24, 2.45) is 0 Å². The summed E-state index contributed by atoms with van der Waals surface area (Å²) in [5, 5.41) is 5.96. The van der Waals surface area contributed by atoms with Crippen molar-refractivity contribution in [2.45, 2.75) is 0 Å². The molecule has 0 amide bonds. The molecule has 19 rings (SSSR count). The summed E-state index contributed by atoms with van der Waals surface area (Å²) in [7, 11) is 0. The maximum absolute atomic E-state index is 6.69. The zero-order valence-electron chi connectivity index (χ0n) is 52.2. The zero-order chi connectivity index (χ0) is 64.9. The van der Waals surface area contributed by atoms with Crippen LogP contribution in [-0.2, 0) is 0 Å². The Bertz CT molecular complexity index is 6070. The molecular weight excluding hydrogens is 1240 g/mol. The van der Waals surface area contributed by atoms with Gasteiger partial charge in [-0.2, -0.15) is 0 Å². The molecule has 0 saturated carbocycles. The lowest BCUT2D eigenvalue weighted by molar-refractivity contribution is 0.669. The molecule has 6 aromatic heterocycles. The molecule has 0 aliphatic rings. The van der Waals surface area contributed by atoms with E-state index >= 15 is 0 Å². The normalized spacial score (nSPS) is 11.5. The molecule has 19 aromatic rings. The molecule has 0 saturated heterocycles. The predicted molar refractivity (Wildman–Crippen MR) is 400 cm³/mol. The van der Waals surface area contributed by atoms with Crippen LogP contribution in [0.2, 0.25) is 0 Å². The second-order valence-electron chi connectivity index (χ2n) is 23.7. The van der Waals surface area contributed by atoms with Crippen LogP contribution in [0.5, 0.6) is 0 Å². The highest BCUT2D eigenvalue weighted by Gasteiger charge is 2.23. The summed E-state index contributed by atoms with van der Waals surface area (Å²) in [4.78, 5) is 39.9. The number of aromatic nitrogens is 8. The monoisotopic (exact) mass is 1290 g/mol. The van der Waals surface area contributed by atoms with Gasteiger partial charge in [0.1, 0.15) is 32.3 Å². The van der Waals surface area contributed by atoms with Gasteiger partial charge in [-0.25, -0.2) is 39.9 Å². The van der Waals surface area contributed by atoms with Gasteiger partial charge in [-0.3, -0.25) is 0 Å². The summed E-state index contributed by atoms with van der Waals surface area (Å²) < 4.78 is 15.7. The van der Waals surface area contributed by atoms with Crippen molar-refractivity contribution in [1.82, 2.24) is 39.9 Å². The molecule has 0 spiro atoms. The van der Waals surface area contributed by atoms with Gasteiger partial charge in [0.2, 0.25) is 0 Å². The van der Waals surface area contributed by atoms with Crippen molar-refractivity contribution in [3.05, 3.63) is 315 Å². The van der Waals surface area contributed by atoms with Crippen LogP contribution >= 0.6 is 22.7 Å². The minimum Gasteiger partial charge on any atom is -0.455 e. The fourth-order valence-corrected chi connectivity index (χ4v) is 14.8. The van der Waals surface area contributed by atoms with Gasteiger partial charge in [0, 0.05) is 77.2 Å². The number of benzene rings is 13. The van der Waals surface area contributed by atoms with Gasteiger partial charge in [-0.05, 0) is 70.8 Å². The summed E-state index contributed by atoms with van der Waals surface area (Å²) in [5.74, 6) is 3.67. The van der Waals surface area contributed by atoms with E-state index in [0.29, 0.717) is 34.9 Å². The summed E-state index contributed by atoms with van der Waals surface area (Å²) in [6, 6.07) is 107. The molecule has 12 heteroatoms. The summed E-state index contributed by atoms with van der Waals surface area (Å²) in [6.45, 7) is 0. The molecule has 6 heterocycles. The van der Waals surface area contributed by atoms with Crippen LogP contribution in [0.3, 0.4) is 0 Å². The zero-order valence-corrected chi connectivity index (χ0v) is 53.9. The van der Waals surface area contributed by atoms with Crippen LogP contribution in [0, 0.1) is 0 Å². The van der Waals surface area contributed by atoms with Gasteiger partial charge in [-0.15, -0.1) is 22.7 Å². The van der Waals surface area contributed by atoms with Crippen molar-refractivity contribution in [1.29, 1.82) is 0 Å². The Kier molecular flexibility index (Phi) is 14.7. The first-order valence-corrected chi connectivity index (χ1v) is 33.8. The van der Waals surface area contributed by atoms with Crippen molar-refractivity contribution in [2.75, 3.05) is 0 Å². The van der Waals surface area contributed by atoms with E-state index in [4.69, 9.17) is 48.7 Å². The topological polar surface area (TPSA) is 129 Å². The molecule has 98 heavy (non-hydrogen) atoms. The molecule has 13 aromatic carbocycles. The Labute approximate surface area is 570 Å². The fraction of sp³-hybridized carbons (Fsp3) is 0. The molecule has 0 N–H and O–H groups in total. The predicted octanol–water partition coefficient (Wildman–Crippen LogP) is 23.1. The Morgan fingerprint density at radius 1 is 0.214 bits per heavy atom. The third kappa shape index (κ3) is 10.9. The average Bonchev–Trinajstić information content (AvgIpc) is 1.56. The van der Waals surface area contributed by atoms with Gasteiger partial charge in [0.05, 0.1) is 20.4 Å². The number of fused-ring (bicyclic) bond motifs is 8. The molecule has 0 fully saturated rings. The number of rotatable bonds is 11. The molecule has 460 valence electrons. The van der Waals surface area contributed by atoms with Crippen molar-refractivity contribution in [3.63, 3.8) is 0 Å². The lowest BCUT2D eigenvalue weighted by Gasteiger charge is -2.10. The van der Waals surface area contributed by atoms with E-state index < -0.39 is 0 Å². The third-order valence-electron chi connectivity index (χ3n) is 17.6. The minimum atomic E-state index is 0.590. The van der Waals surface area contributed by atoms with Crippen molar-refractivity contribution >= 4 is 87.0 Å². The van der Waals surface area contributed by atoms with Crippen LogP contribution in [0.15, 0.2) is 324 Å². The van der Waals surface area contributed by atoms with Gasteiger partial charge < -0.3 is 8.83 Å². The highest BCUT2D eigenvalue weighted by molar-refractivity contribution is 7.22. The molecule has 0 aliphatic heterocycles. The highest BCUT2D eigenvalue weighted by Crippen LogP contribution is 2.44.